The van der Waals surface area contributed by atoms with Crippen LogP contribution in [0.15, 0.2) is 0 Å². The maximum Gasteiger partial charge on any atom is 0.222 e. The van der Waals surface area contributed by atoms with Gasteiger partial charge in [-0.15, -0.1) is 0 Å². The molecule has 0 spiro atoms. The van der Waals surface area contributed by atoms with E-state index in [0.29, 0.717) is 18.4 Å². The Labute approximate surface area is 97.4 Å². The lowest BCUT2D eigenvalue weighted by Gasteiger charge is -2.29. The number of rotatable bonds is 3. The first-order valence-corrected chi connectivity index (χ1v) is 5.96. The third kappa shape index (κ3) is 4.21. The van der Waals surface area contributed by atoms with E-state index in [9.17, 15) is 9.59 Å². The molecule has 1 aliphatic carbocycles. The second-order valence-electron chi connectivity index (χ2n) is 4.91. The molecule has 0 aromatic heterocycles. The SMILES string of the molecule is CC(=O)NC1CCC(CC(=O)N(C)C)CC1. The molecule has 1 rings (SSSR count). The standard InChI is InChI=1S/C12H22N2O2/c1-9(15)13-11-6-4-10(5-7-11)8-12(16)14(2)3/h10-11H,4-8H2,1-3H3,(H,13,15). The second kappa shape index (κ2) is 5.87. The topological polar surface area (TPSA) is 49.4 Å². The summed E-state index contributed by atoms with van der Waals surface area (Å²) in [6.07, 6.45) is 4.75. The minimum atomic E-state index is 0.0489. The fraction of sp³-hybridized carbons (Fsp3) is 0.833. The molecule has 0 unspecified atom stereocenters. The number of amides is 2. The van der Waals surface area contributed by atoms with Gasteiger partial charge in [0.05, 0.1) is 0 Å². The highest BCUT2D eigenvalue weighted by Crippen LogP contribution is 2.27. The van der Waals surface area contributed by atoms with Gasteiger partial charge in [0.1, 0.15) is 0 Å². The quantitative estimate of drug-likeness (QED) is 0.785. The molecular formula is C12H22N2O2. The first kappa shape index (κ1) is 13.0. The minimum Gasteiger partial charge on any atom is -0.354 e. The minimum absolute atomic E-state index is 0.0489. The van der Waals surface area contributed by atoms with E-state index in [1.807, 2.05) is 0 Å². The van der Waals surface area contributed by atoms with Crippen molar-refractivity contribution >= 4 is 11.8 Å². The van der Waals surface area contributed by atoms with Crippen molar-refractivity contribution in [3.8, 4) is 0 Å². The summed E-state index contributed by atoms with van der Waals surface area (Å²) in [5.41, 5.74) is 0. The predicted molar refractivity (Wildman–Crippen MR) is 62.9 cm³/mol. The van der Waals surface area contributed by atoms with Crippen molar-refractivity contribution in [2.24, 2.45) is 5.92 Å². The average Bonchev–Trinajstić information content (AvgIpc) is 2.20. The summed E-state index contributed by atoms with van der Waals surface area (Å²) >= 11 is 0. The molecule has 1 saturated carbocycles. The molecule has 92 valence electrons. The van der Waals surface area contributed by atoms with E-state index in [0.717, 1.165) is 25.7 Å². The lowest BCUT2D eigenvalue weighted by Crippen LogP contribution is -2.37. The van der Waals surface area contributed by atoms with Gasteiger partial charge in [-0.3, -0.25) is 9.59 Å². The first-order valence-electron chi connectivity index (χ1n) is 5.96. The van der Waals surface area contributed by atoms with Crippen molar-refractivity contribution in [1.29, 1.82) is 0 Å². The molecule has 1 aliphatic rings. The molecule has 0 aromatic rings. The van der Waals surface area contributed by atoms with E-state index in [1.54, 1.807) is 25.9 Å². The smallest absolute Gasteiger partial charge is 0.222 e. The molecule has 16 heavy (non-hydrogen) atoms. The molecule has 4 nitrogen and oxygen atoms in total. The molecule has 1 fully saturated rings. The zero-order chi connectivity index (χ0) is 12.1. The zero-order valence-corrected chi connectivity index (χ0v) is 10.5. The molecule has 0 heterocycles. The van der Waals surface area contributed by atoms with Crippen molar-refractivity contribution in [3.05, 3.63) is 0 Å². The maximum absolute atomic E-state index is 11.5. The van der Waals surface area contributed by atoms with Crippen molar-refractivity contribution in [1.82, 2.24) is 10.2 Å². The Morgan fingerprint density at radius 3 is 2.19 bits per heavy atom. The maximum atomic E-state index is 11.5. The fourth-order valence-corrected chi connectivity index (χ4v) is 2.23. The summed E-state index contributed by atoms with van der Waals surface area (Å²) in [6.45, 7) is 1.56. The summed E-state index contributed by atoms with van der Waals surface area (Å²) in [5.74, 6) is 0.760. The van der Waals surface area contributed by atoms with Crippen LogP contribution in [0.2, 0.25) is 0 Å². The lowest BCUT2D eigenvalue weighted by molar-refractivity contribution is -0.130. The van der Waals surface area contributed by atoms with Crippen molar-refractivity contribution in [3.63, 3.8) is 0 Å². The third-order valence-corrected chi connectivity index (χ3v) is 3.22. The summed E-state index contributed by atoms with van der Waals surface area (Å²) in [6, 6.07) is 0.322. The summed E-state index contributed by atoms with van der Waals surface area (Å²) in [4.78, 5) is 24.1. The monoisotopic (exact) mass is 226 g/mol. The van der Waals surface area contributed by atoms with Crippen LogP contribution in [-0.4, -0.2) is 36.9 Å². The first-order chi connectivity index (χ1) is 7.49. The third-order valence-electron chi connectivity index (χ3n) is 3.22. The Hall–Kier alpha value is -1.06. The summed E-state index contributed by atoms with van der Waals surface area (Å²) < 4.78 is 0. The Morgan fingerprint density at radius 2 is 1.75 bits per heavy atom. The van der Waals surface area contributed by atoms with Crippen molar-refractivity contribution in [2.75, 3.05) is 14.1 Å². The van der Waals surface area contributed by atoms with E-state index in [-0.39, 0.29) is 11.8 Å². The van der Waals surface area contributed by atoms with Gasteiger partial charge in [0.25, 0.3) is 0 Å². The van der Waals surface area contributed by atoms with E-state index < -0.39 is 0 Å². The number of nitrogens with zero attached hydrogens (tertiary/aromatic N) is 1. The van der Waals surface area contributed by atoms with Crippen molar-refractivity contribution < 1.29 is 9.59 Å². The van der Waals surface area contributed by atoms with Gasteiger partial charge in [-0.1, -0.05) is 0 Å². The highest BCUT2D eigenvalue weighted by Gasteiger charge is 2.23. The second-order valence-corrected chi connectivity index (χ2v) is 4.91. The predicted octanol–water partition coefficient (Wildman–Crippen LogP) is 1.16. The Bertz CT molecular complexity index is 256. The zero-order valence-electron chi connectivity index (χ0n) is 10.5. The number of nitrogens with one attached hydrogen (secondary N) is 1. The molecule has 0 radical (unpaired) electrons. The summed E-state index contributed by atoms with van der Waals surface area (Å²) in [5, 5.41) is 2.94. The van der Waals surface area contributed by atoms with Gasteiger partial charge in [-0.05, 0) is 31.6 Å². The van der Waals surface area contributed by atoms with Crippen LogP contribution in [0.25, 0.3) is 0 Å². The lowest BCUT2D eigenvalue weighted by atomic mass is 9.84. The fourth-order valence-electron chi connectivity index (χ4n) is 2.23. The molecule has 0 aliphatic heterocycles. The van der Waals surface area contributed by atoms with Crippen molar-refractivity contribution in [2.45, 2.75) is 45.1 Å². The van der Waals surface area contributed by atoms with E-state index in [2.05, 4.69) is 5.32 Å². The largest absolute Gasteiger partial charge is 0.354 e. The number of carbonyl (C=O) groups excluding carboxylic acids is 2. The number of hydrogen-bond acceptors (Lipinski definition) is 2. The molecular weight excluding hydrogens is 204 g/mol. The molecule has 0 bridgehead atoms. The van der Waals surface area contributed by atoms with Crippen LogP contribution in [0.4, 0.5) is 0 Å². The van der Waals surface area contributed by atoms with Crippen LogP contribution in [0, 0.1) is 5.92 Å². The Kier molecular flexibility index (Phi) is 4.77. The van der Waals surface area contributed by atoms with Gasteiger partial charge < -0.3 is 10.2 Å². The molecule has 2 amide bonds. The molecule has 1 N–H and O–H groups in total. The average molecular weight is 226 g/mol. The summed E-state index contributed by atoms with van der Waals surface area (Å²) in [7, 11) is 3.59. The Balaban J connectivity index is 2.27. The van der Waals surface area contributed by atoms with Gasteiger partial charge in [0, 0.05) is 33.5 Å². The van der Waals surface area contributed by atoms with Crippen LogP contribution in [0.5, 0.6) is 0 Å². The van der Waals surface area contributed by atoms with Gasteiger partial charge in [-0.2, -0.15) is 0 Å². The molecule has 4 heteroatoms. The molecule has 0 atom stereocenters. The van der Waals surface area contributed by atoms with Crippen LogP contribution in [0.1, 0.15) is 39.0 Å². The van der Waals surface area contributed by atoms with E-state index in [4.69, 9.17) is 0 Å². The van der Waals surface area contributed by atoms with Gasteiger partial charge in [-0.25, -0.2) is 0 Å². The van der Waals surface area contributed by atoms with Crippen LogP contribution in [-0.2, 0) is 9.59 Å². The molecule has 0 aromatic carbocycles. The molecule has 0 saturated heterocycles. The number of carbonyl (C=O) groups is 2. The highest BCUT2D eigenvalue weighted by molar-refractivity contribution is 5.75. The number of hydrogen-bond donors (Lipinski definition) is 1. The highest BCUT2D eigenvalue weighted by atomic mass is 16.2. The van der Waals surface area contributed by atoms with E-state index in [1.165, 1.54) is 0 Å². The van der Waals surface area contributed by atoms with Crippen LogP contribution in [0.3, 0.4) is 0 Å². The van der Waals surface area contributed by atoms with Crippen LogP contribution < -0.4 is 5.32 Å². The van der Waals surface area contributed by atoms with Gasteiger partial charge in [0.15, 0.2) is 0 Å². The van der Waals surface area contributed by atoms with Gasteiger partial charge in [0.2, 0.25) is 11.8 Å². The van der Waals surface area contributed by atoms with Gasteiger partial charge >= 0.3 is 0 Å². The van der Waals surface area contributed by atoms with Crippen LogP contribution >= 0.6 is 0 Å². The normalized spacial score (nSPS) is 24.9. The van der Waals surface area contributed by atoms with E-state index >= 15 is 0 Å². The Morgan fingerprint density at radius 1 is 1.19 bits per heavy atom.